The smallest absolute Gasteiger partial charge is 0.335 e. The lowest BCUT2D eigenvalue weighted by atomic mass is 9.83. The summed E-state index contributed by atoms with van der Waals surface area (Å²) in [5, 5.41) is 17.3. The number of nitrogens with zero attached hydrogens (tertiary/aromatic N) is 3. The minimum atomic E-state index is -0.928. The number of aromatic nitrogens is 3. The zero-order chi connectivity index (χ0) is 14.1. The Morgan fingerprint density at radius 1 is 1.35 bits per heavy atom. The summed E-state index contributed by atoms with van der Waals surface area (Å²) in [5.41, 5.74) is 1.85. The van der Waals surface area contributed by atoms with Crippen molar-refractivity contribution in [3.63, 3.8) is 0 Å². The Kier molecular flexibility index (Phi) is 3.42. The monoisotopic (exact) mass is 273 g/mol. The van der Waals surface area contributed by atoms with E-state index in [2.05, 4.69) is 17.2 Å². The summed E-state index contributed by atoms with van der Waals surface area (Å²) < 4.78 is 1.92. The Hall–Kier alpha value is -1.91. The van der Waals surface area contributed by atoms with Gasteiger partial charge >= 0.3 is 5.97 Å². The van der Waals surface area contributed by atoms with E-state index in [1.807, 2.05) is 10.7 Å². The predicted octanol–water partition coefficient (Wildman–Crippen LogP) is 2.96. The summed E-state index contributed by atoms with van der Waals surface area (Å²) in [6.45, 7) is 3.20. The minimum absolute atomic E-state index is 0.260. The van der Waals surface area contributed by atoms with E-state index < -0.39 is 5.97 Å². The number of carbonyl (C=O) groups is 1. The first-order chi connectivity index (χ1) is 9.63. The molecule has 0 atom stereocenters. The van der Waals surface area contributed by atoms with E-state index in [0.717, 1.165) is 18.0 Å². The lowest BCUT2D eigenvalue weighted by Crippen LogP contribution is -2.18. The second-order valence-electron chi connectivity index (χ2n) is 5.91. The number of carboxylic acids is 1. The molecule has 1 fully saturated rings. The van der Waals surface area contributed by atoms with Gasteiger partial charge < -0.3 is 5.11 Å². The molecule has 1 aliphatic carbocycles. The van der Waals surface area contributed by atoms with Crippen LogP contribution in [-0.4, -0.2) is 26.1 Å². The van der Waals surface area contributed by atoms with Gasteiger partial charge in [0.1, 0.15) is 5.52 Å². The first-order valence-electron chi connectivity index (χ1n) is 7.20. The molecule has 0 aliphatic heterocycles. The maximum absolute atomic E-state index is 10.9. The quantitative estimate of drug-likeness (QED) is 0.933. The molecule has 1 heterocycles. The molecule has 106 valence electrons. The van der Waals surface area contributed by atoms with Gasteiger partial charge in [0.25, 0.3) is 0 Å². The molecule has 3 rings (SSSR count). The van der Waals surface area contributed by atoms with E-state index in [9.17, 15) is 4.79 Å². The van der Waals surface area contributed by atoms with Crippen LogP contribution in [0.1, 0.15) is 43.0 Å². The minimum Gasteiger partial charge on any atom is -0.478 e. The number of benzene rings is 1. The van der Waals surface area contributed by atoms with Crippen LogP contribution in [0.2, 0.25) is 0 Å². The van der Waals surface area contributed by atoms with Gasteiger partial charge in [-0.15, -0.1) is 5.10 Å². The van der Waals surface area contributed by atoms with Gasteiger partial charge in [-0.2, -0.15) is 0 Å². The molecule has 0 spiro atoms. The van der Waals surface area contributed by atoms with Gasteiger partial charge in [-0.3, -0.25) is 0 Å². The normalized spacial score (nSPS) is 23.1. The van der Waals surface area contributed by atoms with Crippen molar-refractivity contribution >= 4 is 17.0 Å². The van der Waals surface area contributed by atoms with Gasteiger partial charge in [0, 0.05) is 6.54 Å². The highest BCUT2D eigenvalue weighted by Crippen LogP contribution is 2.29. The molecule has 0 radical (unpaired) electrons. The average Bonchev–Trinajstić information content (AvgIpc) is 2.84. The largest absolute Gasteiger partial charge is 0.478 e. The molecule has 0 amide bonds. The van der Waals surface area contributed by atoms with Gasteiger partial charge in [-0.05, 0) is 42.9 Å². The molecule has 0 bridgehead atoms. The summed E-state index contributed by atoms with van der Waals surface area (Å²) in [6, 6.07) is 5.02. The molecule has 5 heteroatoms. The second-order valence-corrected chi connectivity index (χ2v) is 5.91. The van der Waals surface area contributed by atoms with Crippen molar-refractivity contribution in [1.82, 2.24) is 15.0 Å². The molecule has 1 aromatic carbocycles. The Labute approximate surface area is 117 Å². The molecule has 1 saturated carbocycles. The lowest BCUT2D eigenvalue weighted by Gasteiger charge is -2.25. The van der Waals surface area contributed by atoms with Crippen LogP contribution in [-0.2, 0) is 6.54 Å². The highest BCUT2D eigenvalue weighted by molar-refractivity contribution is 5.92. The van der Waals surface area contributed by atoms with Crippen molar-refractivity contribution in [3.8, 4) is 0 Å². The summed E-state index contributed by atoms with van der Waals surface area (Å²) in [4.78, 5) is 10.9. The number of rotatable bonds is 3. The SMILES string of the molecule is CC1CCC(Cn2nnc3cc(C(=O)O)ccc32)CC1. The second kappa shape index (κ2) is 5.23. The third kappa shape index (κ3) is 2.53. The van der Waals surface area contributed by atoms with Crippen LogP contribution in [0, 0.1) is 11.8 Å². The van der Waals surface area contributed by atoms with Gasteiger partial charge in [0.2, 0.25) is 0 Å². The number of hydrogen-bond acceptors (Lipinski definition) is 3. The standard InChI is InChI=1S/C15H19N3O2/c1-10-2-4-11(5-3-10)9-18-14-7-6-12(15(19)20)8-13(14)16-17-18/h6-8,10-11H,2-5,9H2,1H3,(H,19,20). The van der Waals surface area contributed by atoms with Crippen LogP contribution in [0.15, 0.2) is 18.2 Å². The molecular weight excluding hydrogens is 254 g/mol. The summed E-state index contributed by atoms with van der Waals surface area (Å²) >= 11 is 0. The molecule has 1 aliphatic rings. The van der Waals surface area contributed by atoms with Crippen molar-refractivity contribution in [2.75, 3.05) is 0 Å². The van der Waals surface area contributed by atoms with Crippen molar-refractivity contribution in [2.24, 2.45) is 11.8 Å². The molecule has 0 unspecified atom stereocenters. The Bertz CT molecular complexity index is 627. The van der Waals surface area contributed by atoms with Crippen molar-refractivity contribution < 1.29 is 9.90 Å². The van der Waals surface area contributed by atoms with E-state index in [-0.39, 0.29) is 5.56 Å². The summed E-state index contributed by atoms with van der Waals surface area (Å²) in [6.07, 6.45) is 5.08. The van der Waals surface area contributed by atoms with Crippen LogP contribution in [0.5, 0.6) is 0 Å². The number of hydrogen-bond donors (Lipinski definition) is 1. The number of fused-ring (bicyclic) bond motifs is 1. The topological polar surface area (TPSA) is 68.0 Å². The van der Waals surface area contributed by atoms with E-state index in [0.29, 0.717) is 11.4 Å². The van der Waals surface area contributed by atoms with Crippen LogP contribution in [0.25, 0.3) is 11.0 Å². The highest BCUT2D eigenvalue weighted by Gasteiger charge is 2.20. The molecule has 0 saturated heterocycles. The summed E-state index contributed by atoms with van der Waals surface area (Å²) in [5.74, 6) is 0.579. The highest BCUT2D eigenvalue weighted by atomic mass is 16.4. The van der Waals surface area contributed by atoms with Crippen molar-refractivity contribution in [1.29, 1.82) is 0 Å². The van der Waals surface area contributed by atoms with Crippen LogP contribution < -0.4 is 0 Å². The summed E-state index contributed by atoms with van der Waals surface area (Å²) in [7, 11) is 0. The van der Waals surface area contributed by atoms with Gasteiger partial charge in [-0.25, -0.2) is 9.48 Å². The molecule has 1 N–H and O–H groups in total. The first kappa shape index (κ1) is 13.1. The van der Waals surface area contributed by atoms with Crippen molar-refractivity contribution in [3.05, 3.63) is 23.8 Å². The third-order valence-corrected chi connectivity index (χ3v) is 4.33. The molecule has 20 heavy (non-hydrogen) atoms. The molecule has 2 aromatic rings. The molecule has 5 nitrogen and oxygen atoms in total. The zero-order valence-corrected chi connectivity index (χ0v) is 11.6. The van der Waals surface area contributed by atoms with Gasteiger partial charge in [-0.1, -0.05) is 25.0 Å². The fourth-order valence-electron chi connectivity index (χ4n) is 3.00. The zero-order valence-electron chi connectivity index (χ0n) is 11.6. The maximum atomic E-state index is 10.9. The van der Waals surface area contributed by atoms with Gasteiger partial charge in [0.15, 0.2) is 0 Å². The average molecular weight is 273 g/mol. The predicted molar refractivity (Wildman–Crippen MR) is 75.6 cm³/mol. The van der Waals surface area contributed by atoms with Crippen LogP contribution in [0.4, 0.5) is 0 Å². The Morgan fingerprint density at radius 3 is 2.80 bits per heavy atom. The van der Waals surface area contributed by atoms with E-state index in [4.69, 9.17) is 5.11 Å². The molecular formula is C15H19N3O2. The van der Waals surface area contributed by atoms with Crippen molar-refractivity contribution in [2.45, 2.75) is 39.2 Å². The fourth-order valence-corrected chi connectivity index (χ4v) is 3.00. The molecule has 1 aromatic heterocycles. The van der Waals surface area contributed by atoms with E-state index in [1.54, 1.807) is 12.1 Å². The first-order valence-corrected chi connectivity index (χ1v) is 7.20. The fraction of sp³-hybridized carbons (Fsp3) is 0.533. The van der Waals surface area contributed by atoms with Crippen LogP contribution in [0.3, 0.4) is 0 Å². The van der Waals surface area contributed by atoms with E-state index in [1.165, 1.54) is 25.7 Å². The Balaban J connectivity index is 1.80. The Morgan fingerprint density at radius 2 is 2.10 bits per heavy atom. The van der Waals surface area contributed by atoms with E-state index >= 15 is 0 Å². The van der Waals surface area contributed by atoms with Gasteiger partial charge in [0.05, 0.1) is 11.1 Å². The lowest BCUT2D eigenvalue weighted by molar-refractivity contribution is 0.0697. The maximum Gasteiger partial charge on any atom is 0.335 e. The van der Waals surface area contributed by atoms with Crippen LogP contribution >= 0.6 is 0 Å². The third-order valence-electron chi connectivity index (χ3n) is 4.33. The number of carboxylic acid groups (broad SMARTS) is 1. The number of aromatic carboxylic acids is 1.